The van der Waals surface area contributed by atoms with Gasteiger partial charge in [-0.3, -0.25) is 10.1 Å². The first-order valence-electron chi connectivity index (χ1n) is 8.83. The molecule has 27 heavy (non-hydrogen) atoms. The Kier molecular flexibility index (Phi) is 4.03. The fourth-order valence-electron chi connectivity index (χ4n) is 2.87. The Morgan fingerprint density at radius 1 is 1.04 bits per heavy atom. The first-order valence-corrected chi connectivity index (χ1v) is 8.83. The number of nitrogens with two attached hydrogens (primary N) is 1. The molecule has 4 aromatic rings. The van der Waals surface area contributed by atoms with Crippen molar-refractivity contribution < 1.29 is 0 Å². The van der Waals surface area contributed by atoms with Crippen LogP contribution in [0.3, 0.4) is 0 Å². The van der Waals surface area contributed by atoms with Gasteiger partial charge in [-0.05, 0) is 41.5 Å². The van der Waals surface area contributed by atoms with Gasteiger partial charge in [-0.15, -0.1) is 0 Å². The molecule has 2 heterocycles. The van der Waals surface area contributed by atoms with Gasteiger partial charge >= 0.3 is 0 Å². The second kappa shape index (κ2) is 6.39. The minimum Gasteiger partial charge on any atom is -0.397 e. The smallest absolute Gasteiger partial charge is 0.103 e. The summed E-state index contributed by atoms with van der Waals surface area (Å²) in [5.74, 6) is 0. The maximum atomic E-state index is 6.12. The zero-order valence-electron chi connectivity index (χ0n) is 15.6. The van der Waals surface area contributed by atoms with E-state index in [1.54, 1.807) is 12.5 Å². The first-order chi connectivity index (χ1) is 12.9. The highest BCUT2D eigenvalue weighted by atomic mass is 15.1. The molecule has 0 fully saturated rings. The van der Waals surface area contributed by atoms with Crippen LogP contribution in [0.15, 0.2) is 53.8 Å². The van der Waals surface area contributed by atoms with Gasteiger partial charge in [0.15, 0.2) is 0 Å². The summed E-state index contributed by atoms with van der Waals surface area (Å²) >= 11 is 0. The van der Waals surface area contributed by atoms with Crippen LogP contribution in [0.5, 0.6) is 0 Å². The molecule has 4 N–H and O–H groups in total. The van der Waals surface area contributed by atoms with Crippen molar-refractivity contribution in [1.29, 1.82) is 0 Å². The molecule has 0 aliphatic heterocycles. The predicted octanol–water partition coefficient (Wildman–Crippen LogP) is 4.58. The molecule has 0 amide bonds. The second-order valence-corrected chi connectivity index (χ2v) is 7.62. The maximum absolute atomic E-state index is 6.12. The topological polar surface area (TPSA) is 95.7 Å². The molecule has 2 aromatic carbocycles. The van der Waals surface area contributed by atoms with E-state index in [4.69, 9.17) is 5.73 Å². The molecule has 0 spiro atoms. The zero-order chi connectivity index (χ0) is 19.0. The molecule has 0 bridgehead atoms. The normalized spacial score (nSPS) is 12.3. The minimum absolute atomic E-state index is 0.0172. The van der Waals surface area contributed by atoms with Crippen LogP contribution in [0.1, 0.15) is 32.2 Å². The number of benzene rings is 2. The third kappa shape index (κ3) is 3.46. The summed E-state index contributed by atoms with van der Waals surface area (Å²) in [7, 11) is 0. The number of nitrogens with zero attached hydrogens (tertiary/aromatic N) is 3. The molecule has 6 heteroatoms. The Labute approximate surface area is 157 Å². The van der Waals surface area contributed by atoms with E-state index in [-0.39, 0.29) is 5.41 Å². The molecule has 6 nitrogen and oxygen atoms in total. The lowest BCUT2D eigenvalue weighted by Crippen LogP contribution is -2.11. The Bertz CT molecular complexity index is 1130. The number of aliphatic imine (C=N–C) groups is 1. The van der Waals surface area contributed by atoms with Crippen LogP contribution in [0, 0.1) is 0 Å². The van der Waals surface area contributed by atoms with Gasteiger partial charge in [-0.2, -0.15) is 5.10 Å². The van der Waals surface area contributed by atoms with Crippen LogP contribution in [0.2, 0.25) is 0 Å². The SMILES string of the molecule is CC(C)(C)c1cc(/C=N/c2cc(-c3ccc4nc[nH]c4c3)ccc2N)n[nH]1. The minimum atomic E-state index is 0.0172. The van der Waals surface area contributed by atoms with E-state index in [1.165, 1.54) is 0 Å². The van der Waals surface area contributed by atoms with Crippen molar-refractivity contribution in [2.45, 2.75) is 26.2 Å². The molecule has 4 rings (SSSR count). The Balaban J connectivity index is 1.65. The van der Waals surface area contributed by atoms with Crippen molar-refractivity contribution in [2.75, 3.05) is 5.73 Å². The zero-order valence-corrected chi connectivity index (χ0v) is 15.6. The number of aromatic amines is 2. The number of hydrogen-bond acceptors (Lipinski definition) is 4. The number of imidazole rings is 1. The van der Waals surface area contributed by atoms with Gasteiger partial charge in [-0.25, -0.2) is 4.98 Å². The van der Waals surface area contributed by atoms with Crippen LogP contribution in [0.4, 0.5) is 11.4 Å². The van der Waals surface area contributed by atoms with Gasteiger partial charge in [-0.1, -0.05) is 32.9 Å². The maximum Gasteiger partial charge on any atom is 0.103 e. The Morgan fingerprint density at radius 3 is 2.59 bits per heavy atom. The van der Waals surface area contributed by atoms with Crippen LogP contribution in [-0.2, 0) is 5.41 Å². The molecule has 0 unspecified atom stereocenters. The average molecular weight is 358 g/mol. The van der Waals surface area contributed by atoms with Crippen LogP contribution in [-0.4, -0.2) is 26.4 Å². The fraction of sp³-hybridized carbons (Fsp3) is 0.190. The number of nitrogens with one attached hydrogen (secondary N) is 2. The van der Waals surface area contributed by atoms with Gasteiger partial charge in [0.2, 0.25) is 0 Å². The summed E-state index contributed by atoms with van der Waals surface area (Å²) in [5.41, 5.74) is 13.4. The lowest BCUT2D eigenvalue weighted by Gasteiger charge is -2.14. The number of anilines is 1. The number of H-pyrrole nitrogens is 2. The molecular formula is C21H22N6. The average Bonchev–Trinajstić information content (AvgIpc) is 3.29. The molecule has 2 aromatic heterocycles. The van der Waals surface area contributed by atoms with Gasteiger partial charge in [0.25, 0.3) is 0 Å². The highest BCUT2D eigenvalue weighted by molar-refractivity contribution is 5.86. The fourth-order valence-corrected chi connectivity index (χ4v) is 2.87. The number of rotatable bonds is 3. The van der Waals surface area contributed by atoms with Crippen molar-refractivity contribution in [2.24, 2.45) is 4.99 Å². The summed E-state index contributed by atoms with van der Waals surface area (Å²) in [6.45, 7) is 6.41. The second-order valence-electron chi connectivity index (χ2n) is 7.62. The molecule has 0 atom stereocenters. The van der Waals surface area contributed by atoms with E-state index >= 15 is 0 Å². The number of fused-ring (bicyclic) bond motifs is 1. The van der Waals surface area contributed by atoms with Crippen molar-refractivity contribution in [1.82, 2.24) is 20.2 Å². The van der Waals surface area contributed by atoms with Crippen molar-refractivity contribution >= 4 is 28.6 Å². The first kappa shape index (κ1) is 17.0. The highest BCUT2D eigenvalue weighted by Crippen LogP contribution is 2.30. The van der Waals surface area contributed by atoms with Gasteiger partial charge < -0.3 is 10.7 Å². The van der Waals surface area contributed by atoms with E-state index in [1.807, 2.05) is 36.4 Å². The molecular weight excluding hydrogens is 336 g/mol. The largest absolute Gasteiger partial charge is 0.397 e. The summed E-state index contributed by atoms with van der Waals surface area (Å²) in [4.78, 5) is 12.0. The molecule has 136 valence electrons. The van der Waals surface area contributed by atoms with E-state index in [0.29, 0.717) is 5.69 Å². The molecule has 0 radical (unpaired) electrons. The monoisotopic (exact) mass is 358 g/mol. The molecule has 0 saturated carbocycles. The Morgan fingerprint density at radius 2 is 1.81 bits per heavy atom. The number of hydrogen-bond donors (Lipinski definition) is 3. The van der Waals surface area contributed by atoms with E-state index in [2.05, 4.69) is 52.0 Å². The number of aromatic nitrogens is 4. The van der Waals surface area contributed by atoms with E-state index < -0.39 is 0 Å². The third-order valence-corrected chi connectivity index (χ3v) is 4.53. The van der Waals surface area contributed by atoms with Gasteiger partial charge in [0, 0.05) is 11.1 Å². The highest BCUT2D eigenvalue weighted by Gasteiger charge is 2.16. The van der Waals surface area contributed by atoms with Crippen LogP contribution >= 0.6 is 0 Å². The summed E-state index contributed by atoms with van der Waals surface area (Å²) in [6, 6.07) is 14.0. The molecule has 0 saturated heterocycles. The summed E-state index contributed by atoms with van der Waals surface area (Å²) < 4.78 is 0. The van der Waals surface area contributed by atoms with Gasteiger partial charge in [0.1, 0.15) is 5.69 Å². The standard InChI is InChI=1S/C21H22N6/c1-21(2,3)20-10-15(26-27-20)11-23-18-8-13(4-6-16(18)22)14-5-7-17-19(9-14)25-12-24-17/h4-12H,22H2,1-3H3,(H,24,25)(H,26,27)/b23-11+. The quantitative estimate of drug-likeness (QED) is 0.369. The lowest BCUT2D eigenvalue weighted by molar-refractivity contribution is 0.567. The third-order valence-electron chi connectivity index (χ3n) is 4.53. The molecule has 0 aliphatic rings. The van der Waals surface area contributed by atoms with Crippen molar-refractivity contribution in [3.8, 4) is 11.1 Å². The van der Waals surface area contributed by atoms with Crippen molar-refractivity contribution in [3.63, 3.8) is 0 Å². The summed E-state index contributed by atoms with van der Waals surface area (Å²) in [6.07, 6.45) is 3.43. The van der Waals surface area contributed by atoms with Crippen molar-refractivity contribution in [3.05, 3.63) is 60.2 Å². The van der Waals surface area contributed by atoms with Gasteiger partial charge in [0.05, 0.1) is 35.0 Å². The molecule has 0 aliphatic carbocycles. The lowest BCUT2D eigenvalue weighted by atomic mass is 9.92. The van der Waals surface area contributed by atoms with E-state index in [0.717, 1.165) is 39.2 Å². The van der Waals surface area contributed by atoms with Crippen LogP contribution in [0.25, 0.3) is 22.2 Å². The van der Waals surface area contributed by atoms with E-state index in [9.17, 15) is 0 Å². The Hall–Kier alpha value is -3.41. The predicted molar refractivity (Wildman–Crippen MR) is 110 cm³/mol. The van der Waals surface area contributed by atoms with Crippen LogP contribution < -0.4 is 5.73 Å². The number of nitrogen functional groups attached to an aromatic ring is 1. The summed E-state index contributed by atoms with van der Waals surface area (Å²) in [5, 5.41) is 7.38.